The van der Waals surface area contributed by atoms with Gasteiger partial charge in [-0.2, -0.15) is 5.10 Å². The second kappa shape index (κ2) is 6.23. The highest BCUT2D eigenvalue weighted by atomic mass is 16.5. The minimum atomic E-state index is 0.112. The highest BCUT2D eigenvalue weighted by Crippen LogP contribution is 2.24. The van der Waals surface area contributed by atoms with E-state index in [1.54, 1.807) is 0 Å². The lowest BCUT2D eigenvalue weighted by atomic mass is 9.98. The van der Waals surface area contributed by atoms with Gasteiger partial charge in [0.2, 0.25) is 0 Å². The molecule has 1 radical (unpaired) electrons. The van der Waals surface area contributed by atoms with Crippen molar-refractivity contribution >= 4 is 0 Å². The van der Waals surface area contributed by atoms with Crippen molar-refractivity contribution in [2.75, 3.05) is 6.61 Å². The summed E-state index contributed by atoms with van der Waals surface area (Å²) in [6.07, 6.45) is 6.50. The Balaban J connectivity index is 1.66. The Morgan fingerprint density at radius 3 is 2.85 bits per heavy atom. The first-order valence-corrected chi connectivity index (χ1v) is 7.36. The van der Waals surface area contributed by atoms with Crippen molar-refractivity contribution in [1.29, 1.82) is 0 Å². The molecular formula is C17H21N2O. The molecule has 1 fully saturated rings. The molecule has 0 N–H and O–H groups in total. The van der Waals surface area contributed by atoms with Gasteiger partial charge in [0.05, 0.1) is 5.69 Å². The number of ether oxygens (including phenoxy) is 1. The first-order chi connectivity index (χ1) is 9.83. The quantitative estimate of drug-likeness (QED) is 0.845. The van der Waals surface area contributed by atoms with Crippen LogP contribution in [0.2, 0.25) is 0 Å². The smallest absolute Gasteiger partial charge is 0.150 e. The standard InChI is InChI=1S/C17H21N2O/c1-14(13-15-7-3-2-4-8-15)16-10-11-19(18-16)17-9-5-6-12-20-17/h2-4,7-8,10-11,14,17H,1,5-6,9,12-13H2. The minimum absolute atomic E-state index is 0.112. The fraction of sp³-hybridized carbons (Fsp3) is 0.412. The van der Waals surface area contributed by atoms with Crippen LogP contribution in [0, 0.1) is 6.92 Å². The van der Waals surface area contributed by atoms with Crippen molar-refractivity contribution in [2.24, 2.45) is 0 Å². The number of benzene rings is 1. The second-order valence-electron chi connectivity index (χ2n) is 5.43. The third-order valence-corrected chi connectivity index (χ3v) is 3.82. The van der Waals surface area contributed by atoms with Crippen molar-refractivity contribution in [3.8, 4) is 0 Å². The van der Waals surface area contributed by atoms with Crippen LogP contribution >= 0.6 is 0 Å². The van der Waals surface area contributed by atoms with Gasteiger partial charge in [-0.1, -0.05) is 30.3 Å². The molecule has 2 atom stereocenters. The number of aromatic nitrogens is 2. The molecule has 2 heterocycles. The molecule has 3 nitrogen and oxygen atoms in total. The number of rotatable bonds is 4. The van der Waals surface area contributed by atoms with Gasteiger partial charge in [0, 0.05) is 18.7 Å². The molecule has 0 spiro atoms. The Morgan fingerprint density at radius 1 is 1.25 bits per heavy atom. The van der Waals surface area contributed by atoms with Crippen LogP contribution in [0.15, 0.2) is 42.6 Å². The molecule has 105 valence electrons. The second-order valence-corrected chi connectivity index (χ2v) is 5.43. The minimum Gasteiger partial charge on any atom is -0.357 e. The molecule has 0 amide bonds. The van der Waals surface area contributed by atoms with Crippen LogP contribution in [0.1, 0.15) is 42.7 Å². The lowest BCUT2D eigenvalue weighted by Crippen LogP contribution is -2.18. The van der Waals surface area contributed by atoms with E-state index in [-0.39, 0.29) is 12.1 Å². The van der Waals surface area contributed by atoms with Crippen LogP contribution in [-0.2, 0) is 11.2 Å². The average Bonchev–Trinajstić information content (AvgIpc) is 2.99. The van der Waals surface area contributed by atoms with Crippen molar-refractivity contribution in [2.45, 2.75) is 37.8 Å². The maximum atomic E-state index is 5.76. The fourth-order valence-corrected chi connectivity index (χ4v) is 2.67. The van der Waals surface area contributed by atoms with Crippen LogP contribution in [0.4, 0.5) is 0 Å². The Hall–Kier alpha value is -1.61. The van der Waals surface area contributed by atoms with Crippen LogP contribution < -0.4 is 0 Å². The van der Waals surface area contributed by atoms with Gasteiger partial charge in [0.25, 0.3) is 0 Å². The molecule has 2 aromatic rings. The van der Waals surface area contributed by atoms with Crippen LogP contribution in [0.5, 0.6) is 0 Å². The molecule has 0 saturated carbocycles. The molecule has 1 saturated heterocycles. The van der Waals surface area contributed by atoms with Crippen LogP contribution in [0.3, 0.4) is 0 Å². The van der Waals surface area contributed by atoms with E-state index in [0.717, 1.165) is 31.6 Å². The first-order valence-electron chi connectivity index (χ1n) is 7.36. The van der Waals surface area contributed by atoms with Crippen molar-refractivity contribution < 1.29 is 4.74 Å². The Kier molecular flexibility index (Phi) is 4.16. The van der Waals surface area contributed by atoms with Crippen molar-refractivity contribution in [3.05, 3.63) is 60.8 Å². The first kappa shape index (κ1) is 13.4. The summed E-state index contributed by atoms with van der Waals surface area (Å²) in [5.74, 6) is 0.183. The van der Waals surface area contributed by atoms with Gasteiger partial charge >= 0.3 is 0 Å². The van der Waals surface area contributed by atoms with E-state index < -0.39 is 0 Å². The summed E-state index contributed by atoms with van der Waals surface area (Å²) >= 11 is 0. The third-order valence-electron chi connectivity index (χ3n) is 3.82. The Morgan fingerprint density at radius 2 is 2.10 bits per heavy atom. The highest BCUT2D eigenvalue weighted by Gasteiger charge is 2.18. The average molecular weight is 269 g/mol. The van der Waals surface area contributed by atoms with E-state index in [2.05, 4.69) is 42.4 Å². The summed E-state index contributed by atoms with van der Waals surface area (Å²) in [4.78, 5) is 0. The zero-order valence-electron chi connectivity index (χ0n) is 11.7. The topological polar surface area (TPSA) is 27.1 Å². The van der Waals surface area contributed by atoms with Gasteiger partial charge in [-0.3, -0.25) is 0 Å². The van der Waals surface area contributed by atoms with Crippen molar-refractivity contribution in [1.82, 2.24) is 9.78 Å². The maximum absolute atomic E-state index is 5.76. The molecule has 1 aromatic carbocycles. The zero-order valence-corrected chi connectivity index (χ0v) is 11.7. The molecule has 20 heavy (non-hydrogen) atoms. The number of nitrogens with zero attached hydrogens (tertiary/aromatic N) is 2. The summed E-state index contributed by atoms with van der Waals surface area (Å²) in [7, 11) is 0. The van der Waals surface area contributed by atoms with E-state index >= 15 is 0 Å². The highest BCUT2D eigenvalue weighted by molar-refractivity contribution is 5.20. The molecule has 0 aliphatic carbocycles. The van der Waals surface area contributed by atoms with Gasteiger partial charge in [-0.25, -0.2) is 4.68 Å². The fourth-order valence-electron chi connectivity index (χ4n) is 2.67. The summed E-state index contributed by atoms with van der Waals surface area (Å²) in [5.41, 5.74) is 2.35. The molecule has 3 rings (SSSR count). The number of hydrogen-bond acceptors (Lipinski definition) is 2. The van der Waals surface area contributed by atoms with E-state index in [1.165, 1.54) is 12.0 Å². The predicted molar refractivity (Wildman–Crippen MR) is 79.3 cm³/mol. The summed E-state index contributed by atoms with van der Waals surface area (Å²) in [6.45, 7) is 5.09. The van der Waals surface area contributed by atoms with Gasteiger partial charge in [-0.05, 0) is 44.2 Å². The molecular weight excluding hydrogens is 248 g/mol. The third kappa shape index (κ3) is 3.10. The Bertz CT molecular complexity index is 529. The van der Waals surface area contributed by atoms with Crippen LogP contribution in [-0.4, -0.2) is 16.4 Å². The van der Waals surface area contributed by atoms with Crippen LogP contribution in [0.25, 0.3) is 0 Å². The van der Waals surface area contributed by atoms with E-state index in [4.69, 9.17) is 4.74 Å². The molecule has 1 aromatic heterocycles. The monoisotopic (exact) mass is 269 g/mol. The molecule has 1 aliphatic heterocycles. The van der Waals surface area contributed by atoms with E-state index in [1.807, 2.05) is 16.9 Å². The summed E-state index contributed by atoms with van der Waals surface area (Å²) in [5, 5.41) is 4.66. The largest absolute Gasteiger partial charge is 0.357 e. The lowest BCUT2D eigenvalue weighted by molar-refractivity contribution is -0.0397. The predicted octanol–water partition coefficient (Wildman–Crippen LogP) is 3.74. The lowest BCUT2D eigenvalue weighted by Gasteiger charge is -2.22. The van der Waals surface area contributed by atoms with E-state index in [0.29, 0.717) is 0 Å². The molecule has 1 aliphatic rings. The number of hydrogen-bond donors (Lipinski definition) is 0. The van der Waals surface area contributed by atoms with Gasteiger partial charge < -0.3 is 4.74 Å². The summed E-state index contributed by atoms with van der Waals surface area (Å²) < 4.78 is 7.71. The summed E-state index contributed by atoms with van der Waals surface area (Å²) in [6, 6.07) is 12.5. The van der Waals surface area contributed by atoms with Gasteiger partial charge in [0.15, 0.2) is 0 Å². The molecule has 0 bridgehead atoms. The zero-order chi connectivity index (χ0) is 13.8. The van der Waals surface area contributed by atoms with Gasteiger partial charge in [0.1, 0.15) is 6.23 Å². The van der Waals surface area contributed by atoms with Crippen molar-refractivity contribution in [3.63, 3.8) is 0 Å². The maximum Gasteiger partial charge on any atom is 0.150 e. The van der Waals surface area contributed by atoms with E-state index in [9.17, 15) is 0 Å². The molecule has 3 heteroatoms. The SMILES string of the molecule is [CH2]C(Cc1ccccc1)c1ccn(C2CCCCO2)n1. The molecule has 2 unspecified atom stereocenters. The normalized spacial score (nSPS) is 20.8. The van der Waals surface area contributed by atoms with Gasteiger partial charge in [-0.15, -0.1) is 0 Å². The Labute approximate surface area is 120 Å².